The van der Waals surface area contributed by atoms with Gasteiger partial charge in [-0.1, -0.05) is 12.1 Å². The van der Waals surface area contributed by atoms with Crippen molar-refractivity contribution >= 4 is 38.1 Å². The van der Waals surface area contributed by atoms with Gasteiger partial charge >= 0.3 is 5.97 Å². The second-order valence-corrected chi connectivity index (χ2v) is 7.98. The number of rotatable bonds is 5. The number of amides is 1. The highest BCUT2D eigenvalue weighted by Gasteiger charge is 2.24. The summed E-state index contributed by atoms with van der Waals surface area (Å²) in [7, 11) is -3.62. The Morgan fingerprint density at radius 2 is 1.96 bits per heavy atom. The minimum Gasteiger partial charge on any atom is -0.449 e. The monoisotopic (exact) mass is 378 g/mol. The lowest BCUT2D eigenvalue weighted by Gasteiger charge is -2.14. The van der Waals surface area contributed by atoms with Crippen LogP contribution in [0.25, 0.3) is 0 Å². The Morgan fingerprint density at radius 1 is 1.28 bits per heavy atom. The number of nitrogens with one attached hydrogen (secondary N) is 1. The highest BCUT2D eigenvalue weighted by molar-refractivity contribution is 7.90. The number of thiophene rings is 1. The molecule has 0 saturated heterocycles. The third-order valence-electron chi connectivity index (χ3n) is 3.18. The Balaban J connectivity index is 2.13. The van der Waals surface area contributed by atoms with Crippen molar-refractivity contribution in [2.75, 3.05) is 11.6 Å². The molecule has 2 aromatic rings. The van der Waals surface area contributed by atoms with Crippen LogP contribution in [-0.4, -0.2) is 32.7 Å². The van der Waals surface area contributed by atoms with E-state index in [1.165, 1.54) is 42.5 Å². The minimum absolute atomic E-state index is 0.140. The van der Waals surface area contributed by atoms with Gasteiger partial charge in [0.2, 0.25) is 0 Å². The Labute approximate surface area is 148 Å². The van der Waals surface area contributed by atoms with Crippen molar-refractivity contribution in [2.45, 2.75) is 17.9 Å². The average molecular weight is 378 g/mol. The van der Waals surface area contributed by atoms with Gasteiger partial charge in [-0.25, -0.2) is 13.2 Å². The molecular formula is C16H14N2O5S2. The van der Waals surface area contributed by atoms with E-state index >= 15 is 0 Å². The van der Waals surface area contributed by atoms with Crippen LogP contribution < -0.4 is 5.32 Å². The quantitative estimate of drug-likeness (QED) is 0.798. The lowest BCUT2D eigenvalue weighted by atomic mass is 10.2. The zero-order valence-corrected chi connectivity index (χ0v) is 15.0. The molecule has 2 rings (SSSR count). The Kier molecular flexibility index (Phi) is 5.56. The first-order valence-electron chi connectivity index (χ1n) is 7.02. The van der Waals surface area contributed by atoms with Gasteiger partial charge in [-0.15, -0.1) is 11.3 Å². The second kappa shape index (κ2) is 7.46. The largest absolute Gasteiger partial charge is 0.449 e. The summed E-state index contributed by atoms with van der Waals surface area (Å²) < 4.78 is 28.5. The van der Waals surface area contributed by atoms with Gasteiger partial charge in [0.05, 0.1) is 16.0 Å². The molecule has 25 heavy (non-hydrogen) atoms. The second-order valence-electron chi connectivity index (χ2n) is 5.08. The molecule has 0 spiro atoms. The molecule has 0 fully saturated rings. The zero-order valence-electron chi connectivity index (χ0n) is 13.3. The first-order valence-corrected chi connectivity index (χ1v) is 9.79. The van der Waals surface area contributed by atoms with Crippen molar-refractivity contribution < 1.29 is 22.7 Å². The molecule has 1 N–H and O–H groups in total. The van der Waals surface area contributed by atoms with Crippen molar-refractivity contribution in [1.29, 1.82) is 5.26 Å². The van der Waals surface area contributed by atoms with Gasteiger partial charge in [0, 0.05) is 6.26 Å². The topological polar surface area (TPSA) is 113 Å². The van der Waals surface area contributed by atoms with Crippen LogP contribution in [0.1, 0.15) is 22.8 Å². The standard InChI is InChI=1S/C16H14N2O5S2/c1-10(14(19)18-15-11(9-17)7-8-24-15)23-16(20)12-5-3-4-6-13(12)25(2,21)22/h3-8,10H,1-2H3,(H,18,19)/t10-/m1/s1. The molecule has 1 aromatic heterocycles. The van der Waals surface area contributed by atoms with Crippen LogP contribution in [0.3, 0.4) is 0 Å². The molecule has 7 nitrogen and oxygen atoms in total. The summed E-state index contributed by atoms with van der Waals surface area (Å²) in [4.78, 5) is 24.2. The summed E-state index contributed by atoms with van der Waals surface area (Å²) in [6.45, 7) is 1.36. The molecule has 0 aliphatic carbocycles. The van der Waals surface area contributed by atoms with Crippen LogP contribution in [-0.2, 0) is 19.4 Å². The number of benzene rings is 1. The fraction of sp³-hybridized carbons (Fsp3) is 0.188. The van der Waals surface area contributed by atoms with E-state index in [1.807, 2.05) is 6.07 Å². The summed E-state index contributed by atoms with van der Waals surface area (Å²) in [5, 5.41) is 13.4. The van der Waals surface area contributed by atoms with E-state index in [9.17, 15) is 18.0 Å². The summed E-state index contributed by atoms with van der Waals surface area (Å²) in [5.41, 5.74) is 0.165. The van der Waals surface area contributed by atoms with E-state index in [-0.39, 0.29) is 10.5 Å². The fourth-order valence-electron chi connectivity index (χ4n) is 1.94. The molecule has 1 aromatic carbocycles. The number of carbonyl (C=O) groups excluding carboxylic acids is 2. The molecule has 1 atom stereocenters. The SMILES string of the molecule is C[C@@H](OC(=O)c1ccccc1S(C)(=O)=O)C(=O)Nc1sccc1C#N. The smallest absolute Gasteiger partial charge is 0.340 e. The van der Waals surface area contributed by atoms with Crippen molar-refractivity contribution in [3.05, 3.63) is 46.8 Å². The predicted octanol–water partition coefficient (Wildman–Crippen LogP) is 2.21. The van der Waals surface area contributed by atoms with E-state index < -0.39 is 27.8 Å². The maximum atomic E-state index is 12.2. The van der Waals surface area contributed by atoms with E-state index in [1.54, 1.807) is 11.4 Å². The minimum atomic E-state index is -3.62. The molecule has 9 heteroatoms. The predicted molar refractivity (Wildman–Crippen MR) is 92.1 cm³/mol. The molecule has 0 saturated carbocycles. The lowest BCUT2D eigenvalue weighted by Crippen LogP contribution is -2.30. The zero-order chi connectivity index (χ0) is 18.6. The van der Waals surface area contributed by atoms with Crippen molar-refractivity contribution in [3.63, 3.8) is 0 Å². The van der Waals surface area contributed by atoms with E-state index in [4.69, 9.17) is 10.00 Å². The van der Waals surface area contributed by atoms with Crippen LogP contribution in [0.2, 0.25) is 0 Å². The van der Waals surface area contributed by atoms with E-state index in [0.29, 0.717) is 10.6 Å². The molecule has 0 aliphatic rings. The Morgan fingerprint density at radius 3 is 2.60 bits per heavy atom. The molecule has 0 radical (unpaired) electrons. The van der Waals surface area contributed by atoms with Crippen LogP contribution in [0, 0.1) is 11.3 Å². The molecule has 0 bridgehead atoms. The van der Waals surface area contributed by atoms with Gasteiger partial charge in [-0.2, -0.15) is 5.26 Å². The van der Waals surface area contributed by atoms with Gasteiger partial charge in [0.15, 0.2) is 15.9 Å². The number of ether oxygens (including phenoxy) is 1. The van der Waals surface area contributed by atoms with Crippen LogP contribution in [0.5, 0.6) is 0 Å². The third kappa shape index (κ3) is 4.43. The molecular weight excluding hydrogens is 364 g/mol. The van der Waals surface area contributed by atoms with Crippen LogP contribution in [0.15, 0.2) is 40.6 Å². The number of carbonyl (C=O) groups is 2. The van der Waals surface area contributed by atoms with Crippen molar-refractivity contribution in [3.8, 4) is 6.07 Å². The molecule has 1 heterocycles. The van der Waals surface area contributed by atoms with E-state index in [0.717, 1.165) is 6.26 Å². The van der Waals surface area contributed by atoms with Crippen LogP contribution >= 0.6 is 11.3 Å². The fourth-order valence-corrected chi connectivity index (χ4v) is 3.56. The summed E-state index contributed by atoms with van der Waals surface area (Å²) in [6.07, 6.45) is -0.191. The highest BCUT2D eigenvalue weighted by atomic mass is 32.2. The van der Waals surface area contributed by atoms with Crippen molar-refractivity contribution in [2.24, 2.45) is 0 Å². The number of hydrogen-bond acceptors (Lipinski definition) is 7. The first kappa shape index (κ1) is 18.6. The summed E-state index contributed by atoms with van der Waals surface area (Å²) in [6, 6.07) is 9.09. The third-order valence-corrected chi connectivity index (χ3v) is 5.17. The molecule has 0 unspecified atom stereocenters. The molecule has 130 valence electrons. The number of anilines is 1. The number of sulfone groups is 1. The number of nitriles is 1. The first-order chi connectivity index (χ1) is 11.7. The Hall–Kier alpha value is -2.70. The summed E-state index contributed by atoms with van der Waals surface area (Å²) >= 11 is 1.17. The summed E-state index contributed by atoms with van der Waals surface area (Å²) in [5.74, 6) is -1.54. The number of esters is 1. The maximum absolute atomic E-state index is 12.2. The normalized spacial score (nSPS) is 12.0. The van der Waals surface area contributed by atoms with Crippen LogP contribution in [0.4, 0.5) is 5.00 Å². The lowest BCUT2D eigenvalue weighted by molar-refractivity contribution is -0.123. The Bertz CT molecular complexity index is 957. The molecule has 0 aliphatic heterocycles. The van der Waals surface area contributed by atoms with Gasteiger partial charge in [-0.3, -0.25) is 4.79 Å². The van der Waals surface area contributed by atoms with Gasteiger partial charge < -0.3 is 10.1 Å². The number of nitrogens with zero attached hydrogens (tertiary/aromatic N) is 1. The molecule has 1 amide bonds. The van der Waals surface area contributed by atoms with Gasteiger partial charge in [0.1, 0.15) is 11.1 Å². The maximum Gasteiger partial charge on any atom is 0.340 e. The van der Waals surface area contributed by atoms with E-state index in [2.05, 4.69) is 5.32 Å². The van der Waals surface area contributed by atoms with Crippen molar-refractivity contribution in [1.82, 2.24) is 0 Å². The average Bonchev–Trinajstić information content (AvgIpc) is 3.01. The highest BCUT2D eigenvalue weighted by Crippen LogP contribution is 2.23. The number of hydrogen-bond donors (Lipinski definition) is 1. The van der Waals surface area contributed by atoms with Gasteiger partial charge in [-0.05, 0) is 30.5 Å². The van der Waals surface area contributed by atoms with Gasteiger partial charge in [0.25, 0.3) is 5.91 Å².